The van der Waals surface area contributed by atoms with Gasteiger partial charge in [0.05, 0.1) is 26.5 Å². The van der Waals surface area contributed by atoms with Gasteiger partial charge in [0.1, 0.15) is 5.82 Å². The number of nitrogens with zero attached hydrogens (tertiary/aromatic N) is 2. The SMILES string of the molecule is Cc1ccc(-c2nc3ccccc3[nH]2)cc1NS(=O)(=O)c1ccc([N+](=O)[O-])cc1. The minimum absolute atomic E-state index is 0.0587. The van der Waals surface area contributed by atoms with E-state index in [-0.39, 0.29) is 10.6 Å². The molecule has 9 heteroatoms. The van der Waals surface area contributed by atoms with Gasteiger partial charge in [0.2, 0.25) is 0 Å². The number of hydrogen-bond acceptors (Lipinski definition) is 5. The maximum Gasteiger partial charge on any atom is 0.269 e. The minimum atomic E-state index is -3.91. The molecule has 146 valence electrons. The summed E-state index contributed by atoms with van der Waals surface area (Å²) in [6, 6.07) is 17.7. The van der Waals surface area contributed by atoms with Gasteiger partial charge in [-0.2, -0.15) is 0 Å². The summed E-state index contributed by atoms with van der Waals surface area (Å²) in [7, 11) is -3.91. The standard InChI is InChI=1S/C20H16N4O4S/c1-13-6-7-14(20-21-17-4-2-3-5-18(17)22-20)12-19(13)23-29(27,28)16-10-8-15(9-11-16)24(25)26/h2-12,23H,1H3,(H,21,22). The highest BCUT2D eigenvalue weighted by molar-refractivity contribution is 7.92. The Hall–Kier alpha value is -3.72. The van der Waals surface area contributed by atoms with E-state index in [0.29, 0.717) is 11.5 Å². The van der Waals surface area contributed by atoms with Crippen molar-refractivity contribution in [3.63, 3.8) is 0 Å². The minimum Gasteiger partial charge on any atom is -0.338 e. The van der Waals surface area contributed by atoms with Crippen LogP contribution >= 0.6 is 0 Å². The van der Waals surface area contributed by atoms with E-state index in [2.05, 4.69) is 14.7 Å². The Balaban J connectivity index is 1.67. The predicted molar refractivity (Wildman–Crippen MR) is 110 cm³/mol. The predicted octanol–water partition coefficient (Wildman–Crippen LogP) is 4.25. The lowest BCUT2D eigenvalue weighted by Crippen LogP contribution is -2.13. The molecule has 4 aromatic rings. The molecule has 2 N–H and O–H groups in total. The lowest BCUT2D eigenvalue weighted by Gasteiger charge is -2.12. The van der Waals surface area contributed by atoms with Crippen LogP contribution in [-0.2, 0) is 10.0 Å². The number of aryl methyl sites for hydroxylation is 1. The first-order chi connectivity index (χ1) is 13.8. The summed E-state index contributed by atoms with van der Waals surface area (Å²) in [5, 5.41) is 10.8. The molecule has 3 aromatic carbocycles. The number of benzene rings is 3. The molecule has 0 aliphatic rings. The average molecular weight is 408 g/mol. The van der Waals surface area contributed by atoms with Crippen LogP contribution in [0.25, 0.3) is 22.4 Å². The maximum absolute atomic E-state index is 12.7. The van der Waals surface area contributed by atoms with Gasteiger partial charge in [0, 0.05) is 17.7 Å². The van der Waals surface area contributed by atoms with Crippen LogP contribution in [0.1, 0.15) is 5.56 Å². The molecule has 0 aliphatic carbocycles. The summed E-state index contributed by atoms with van der Waals surface area (Å²) in [6.45, 7) is 1.79. The molecule has 0 fully saturated rings. The largest absolute Gasteiger partial charge is 0.338 e. The molecule has 0 saturated heterocycles. The maximum atomic E-state index is 12.7. The number of imidazole rings is 1. The molecule has 0 radical (unpaired) electrons. The van der Waals surface area contributed by atoms with Crippen LogP contribution in [0.15, 0.2) is 71.6 Å². The Bertz CT molecular complexity index is 1300. The van der Waals surface area contributed by atoms with Crippen molar-refractivity contribution in [1.29, 1.82) is 0 Å². The first-order valence-corrected chi connectivity index (χ1v) is 10.1. The van der Waals surface area contributed by atoms with Crippen LogP contribution < -0.4 is 4.72 Å². The van der Waals surface area contributed by atoms with Crippen LogP contribution in [0.3, 0.4) is 0 Å². The second-order valence-corrected chi connectivity index (χ2v) is 8.17. The summed E-state index contributed by atoms with van der Waals surface area (Å²) in [5.74, 6) is 0.627. The third-order valence-electron chi connectivity index (χ3n) is 4.50. The number of nitro groups is 1. The van der Waals surface area contributed by atoms with Crippen molar-refractivity contribution in [2.75, 3.05) is 4.72 Å². The van der Waals surface area contributed by atoms with Gasteiger partial charge in [-0.3, -0.25) is 14.8 Å². The second-order valence-electron chi connectivity index (χ2n) is 6.49. The van der Waals surface area contributed by atoms with Gasteiger partial charge in [-0.1, -0.05) is 24.3 Å². The van der Waals surface area contributed by atoms with Crippen molar-refractivity contribution in [1.82, 2.24) is 9.97 Å². The molecular weight excluding hydrogens is 392 g/mol. The van der Waals surface area contributed by atoms with E-state index in [4.69, 9.17) is 0 Å². The number of anilines is 1. The topological polar surface area (TPSA) is 118 Å². The lowest BCUT2D eigenvalue weighted by atomic mass is 10.1. The van der Waals surface area contributed by atoms with Crippen molar-refractivity contribution in [2.24, 2.45) is 0 Å². The molecule has 1 aromatic heterocycles. The average Bonchev–Trinajstić information content (AvgIpc) is 3.14. The molecular formula is C20H16N4O4S. The van der Waals surface area contributed by atoms with E-state index < -0.39 is 14.9 Å². The van der Waals surface area contributed by atoms with Crippen molar-refractivity contribution < 1.29 is 13.3 Å². The Kier molecular flexibility index (Phi) is 4.51. The summed E-state index contributed by atoms with van der Waals surface area (Å²) < 4.78 is 28.0. The van der Waals surface area contributed by atoms with E-state index in [1.54, 1.807) is 19.1 Å². The third-order valence-corrected chi connectivity index (χ3v) is 5.88. The van der Waals surface area contributed by atoms with E-state index >= 15 is 0 Å². The van der Waals surface area contributed by atoms with Gasteiger partial charge in [0.25, 0.3) is 15.7 Å². The molecule has 0 bridgehead atoms. The number of sulfonamides is 1. The highest BCUT2D eigenvalue weighted by atomic mass is 32.2. The molecule has 8 nitrogen and oxygen atoms in total. The number of para-hydroxylation sites is 2. The first-order valence-electron chi connectivity index (χ1n) is 8.66. The van der Waals surface area contributed by atoms with Gasteiger partial charge in [-0.05, 0) is 42.8 Å². The molecule has 0 amide bonds. The highest BCUT2D eigenvalue weighted by Crippen LogP contribution is 2.27. The van der Waals surface area contributed by atoms with E-state index in [1.807, 2.05) is 30.3 Å². The molecule has 0 atom stereocenters. The van der Waals surface area contributed by atoms with Gasteiger partial charge in [-0.25, -0.2) is 13.4 Å². The smallest absolute Gasteiger partial charge is 0.269 e. The van der Waals surface area contributed by atoms with E-state index in [1.165, 1.54) is 12.1 Å². The fourth-order valence-corrected chi connectivity index (χ4v) is 4.04. The number of fused-ring (bicyclic) bond motifs is 1. The van der Waals surface area contributed by atoms with Gasteiger partial charge in [0.15, 0.2) is 0 Å². The fourth-order valence-electron chi connectivity index (χ4n) is 2.92. The number of aromatic nitrogens is 2. The zero-order valence-electron chi connectivity index (χ0n) is 15.3. The van der Waals surface area contributed by atoms with Gasteiger partial charge < -0.3 is 4.98 Å². The number of non-ortho nitro benzene ring substituents is 1. The number of H-pyrrole nitrogens is 1. The number of aromatic amines is 1. The van der Waals surface area contributed by atoms with Crippen LogP contribution in [-0.4, -0.2) is 23.3 Å². The molecule has 1 heterocycles. The number of hydrogen-bond donors (Lipinski definition) is 2. The first kappa shape index (κ1) is 18.6. The van der Waals surface area contributed by atoms with E-state index in [0.717, 1.165) is 34.3 Å². The summed E-state index contributed by atoms with van der Waals surface area (Å²) in [4.78, 5) is 17.9. The Labute approximate surface area is 166 Å². The molecule has 29 heavy (non-hydrogen) atoms. The number of rotatable bonds is 5. The van der Waals surface area contributed by atoms with Crippen molar-refractivity contribution >= 4 is 32.4 Å². The summed E-state index contributed by atoms with van der Waals surface area (Å²) in [6.07, 6.45) is 0. The Morgan fingerprint density at radius 1 is 1.03 bits per heavy atom. The van der Waals surface area contributed by atoms with Gasteiger partial charge >= 0.3 is 0 Å². The zero-order chi connectivity index (χ0) is 20.6. The number of nitro benzene ring substituents is 1. The van der Waals surface area contributed by atoms with Crippen LogP contribution in [0.2, 0.25) is 0 Å². The van der Waals surface area contributed by atoms with Crippen LogP contribution in [0.5, 0.6) is 0 Å². The van der Waals surface area contributed by atoms with E-state index in [9.17, 15) is 18.5 Å². The second kappa shape index (κ2) is 7.02. The Morgan fingerprint density at radius 2 is 1.76 bits per heavy atom. The monoisotopic (exact) mass is 408 g/mol. The molecule has 0 aliphatic heterocycles. The highest BCUT2D eigenvalue weighted by Gasteiger charge is 2.18. The van der Waals surface area contributed by atoms with Crippen molar-refractivity contribution in [3.05, 3.63) is 82.4 Å². The lowest BCUT2D eigenvalue weighted by molar-refractivity contribution is -0.384. The summed E-state index contributed by atoms with van der Waals surface area (Å²) >= 11 is 0. The molecule has 0 spiro atoms. The zero-order valence-corrected chi connectivity index (χ0v) is 16.1. The summed E-state index contributed by atoms with van der Waals surface area (Å²) in [5.41, 5.74) is 3.39. The molecule has 0 saturated carbocycles. The fraction of sp³-hybridized carbons (Fsp3) is 0.0500. The van der Waals surface area contributed by atoms with Crippen LogP contribution in [0, 0.1) is 17.0 Å². The quantitative estimate of drug-likeness (QED) is 0.378. The van der Waals surface area contributed by atoms with Crippen LogP contribution in [0.4, 0.5) is 11.4 Å². The third kappa shape index (κ3) is 3.67. The normalized spacial score (nSPS) is 11.5. The Morgan fingerprint density at radius 3 is 2.45 bits per heavy atom. The van der Waals surface area contributed by atoms with Gasteiger partial charge in [-0.15, -0.1) is 0 Å². The van der Waals surface area contributed by atoms with Crippen molar-refractivity contribution in [3.8, 4) is 11.4 Å². The van der Waals surface area contributed by atoms with Crippen molar-refractivity contribution in [2.45, 2.75) is 11.8 Å². The molecule has 0 unspecified atom stereocenters. The number of nitrogens with one attached hydrogen (secondary N) is 2. The molecule has 4 rings (SSSR count).